The van der Waals surface area contributed by atoms with Gasteiger partial charge in [0.2, 0.25) is 0 Å². The molecule has 0 aliphatic rings. The highest BCUT2D eigenvalue weighted by Crippen LogP contribution is 2.21. The molecule has 7 heteroatoms. The van der Waals surface area contributed by atoms with Gasteiger partial charge in [-0.25, -0.2) is 9.97 Å². The number of benzene rings is 1. The summed E-state index contributed by atoms with van der Waals surface area (Å²) in [6, 6.07) is 6.68. The first-order chi connectivity index (χ1) is 11.3. The fraction of sp³-hybridized carbons (Fsp3) is 0.294. The van der Waals surface area contributed by atoms with Crippen LogP contribution in [-0.4, -0.2) is 27.0 Å². The lowest BCUT2D eigenvalue weighted by Crippen LogP contribution is -2.16. The number of aromatic nitrogens is 2. The summed E-state index contributed by atoms with van der Waals surface area (Å²) >= 11 is 6.02. The Kier molecular flexibility index (Phi) is 5.51. The van der Waals surface area contributed by atoms with Crippen molar-refractivity contribution in [2.75, 3.05) is 5.32 Å². The van der Waals surface area contributed by atoms with E-state index in [0.717, 1.165) is 0 Å². The Balaban J connectivity index is 2.26. The minimum absolute atomic E-state index is 0.0635. The monoisotopic (exact) mass is 347 g/mol. The summed E-state index contributed by atoms with van der Waals surface area (Å²) in [4.78, 5) is 31.8. The molecule has 1 amide bonds. The molecule has 0 bridgehead atoms. The Bertz CT molecular complexity index is 777. The van der Waals surface area contributed by atoms with Gasteiger partial charge in [0.25, 0.3) is 5.91 Å². The molecule has 0 saturated heterocycles. The number of carboxylic acids is 1. The number of amides is 1. The quantitative estimate of drug-likeness (QED) is 0.860. The first-order valence-electron chi connectivity index (χ1n) is 7.46. The molecular weight excluding hydrogens is 330 g/mol. The van der Waals surface area contributed by atoms with Gasteiger partial charge in [-0.15, -0.1) is 0 Å². The summed E-state index contributed by atoms with van der Waals surface area (Å²) in [5.74, 6) is -1.48. The number of halogens is 1. The molecule has 0 aliphatic carbocycles. The number of hydrogen-bond donors (Lipinski definition) is 2. The summed E-state index contributed by atoms with van der Waals surface area (Å²) < 4.78 is 0. The van der Waals surface area contributed by atoms with E-state index in [-0.39, 0.29) is 16.6 Å². The van der Waals surface area contributed by atoms with Crippen LogP contribution >= 0.6 is 11.6 Å². The van der Waals surface area contributed by atoms with Crippen LogP contribution in [0.3, 0.4) is 0 Å². The predicted molar refractivity (Wildman–Crippen MR) is 91.6 cm³/mol. The first kappa shape index (κ1) is 17.9. The van der Waals surface area contributed by atoms with Crippen molar-refractivity contribution in [2.24, 2.45) is 0 Å². The number of carbonyl (C=O) groups excluding carboxylic acids is 1. The molecule has 0 spiro atoms. The molecule has 24 heavy (non-hydrogen) atoms. The van der Waals surface area contributed by atoms with Gasteiger partial charge in [-0.05, 0) is 24.6 Å². The number of rotatable bonds is 5. The Morgan fingerprint density at radius 3 is 2.58 bits per heavy atom. The summed E-state index contributed by atoms with van der Waals surface area (Å²) in [5.41, 5.74) is 1.16. The Hall–Kier alpha value is -2.47. The van der Waals surface area contributed by atoms with E-state index >= 15 is 0 Å². The van der Waals surface area contributed by atoms with Crippen LogP contribution in [0.15, 0.2) is 30.5 Å². The van der Waals surface area contributed by atoms with Gasteiger partial charge in [0.15, 0.2) is 5.69 Å². The SMILES string of the molecule is CC(C)c1ncc(Cl)c(C(=O)Nc2cccc(C(C)C(=O)O)c2)n1. The third-order valence-electron chi connectivity index (χ3n) is 3.51. The van der Waals surface area contributed by atoms with E-state index in [1.165, 1.54) is 6.20 Å². The van der Waals surface area contributed by atoms with Crippen molar-refractivity contribution >= 4 is 29.2 Å². The number of aliphatic carboxylic acids is 1. The average Bonchev–Trinajstić information content (AvgIpc) is 2.54. The van der Waals surface area contributed by atoms with Gasteiger partial charge in [0, 0.05) is 11.6 Å². The Morgan fingerprint density at radius 2 is 1.96 bits per heavy atom. The first-order valence-corrected chi connectivity index (χ1v) is 7.84. The molecule has 6 nitrogen and oxygen atoms in total. The largest absolute Gasteiger partial charge is 0.481 e. The van der Waals surface area contributed by atoms with Crippen molar-refractivity contribution in [2.45, 2.75) is 32.6 Å². The summed E-state index contributed by atoms with van der Waals surface area (Å²) in [5, 5.41) is 11.9. The lowest BCUT2D eigenvalue weighted by molar-refractivity contribution is -0.138. The van der Waals surface area contributed by atoms with Crippen molar-refractivity contribution in [1.29, 1.82) is 0 Å². The van der Waals surface area contributed by atoms with Crippen LogP contribution in [0.1, 0.15) is 54.5 Å². The van der Waals surface area contributed by atoms with Crippen LogP contribution < -0.4 is 5.32 Å². The lowest BCUT2D eigenvalue weighted by Gasteiger charge is -2.11. The summed E-state index contributed by atoms with van der Waals surface area (Å²) in [6.45, 7) is 5.42. The van der Waals surface area contributed by atoms with E-state index in [4.69, 9.17) is 16.7 Å². The third-order valence-corrected chi connectivity index (χ3v) is 3.79. The second-order valence-electron chi connectivity index (χ2n) is 5.72. The van der Waals surface area contributed by atoms with Gasteiger partial charge in [-0.1, -0.05) is 37.6 Å². The Morgan fingerprint density at radius 1 is 1.25 bits per heavy atom. The maximum Gasteiger partial charge on any atom is 0.310 e. The van der Waals surface area contributed by atoms with Gasteiger partial charge in [0.1, 0.15) is 5.82 Å². The number of hydrogen-bond acceptors (Lipinski definition) is 4. The summed E-state index contributed by atoms with van der Waals surface area (Å²) in [6.07, 6.45) is 1.40. The molecule has 0 radical (unpaired) electrons. The van der Waals surface area contributed by atoms with Crippen LogP contribution in [0.4, 0.5) is 5.69 Å². The van der Waals surface area contributed by atoms with Crippen molar-refractivity contribution in [3.05, 3.63) is 52.6 Å². The normalized spacial score (nSPS) is 12.0. The van der Waals surface area contributed by atoms with Crippen LogP contribution in [0.2, 0.25) is 5.02 Å². The van der Waals surface area contributed by atoms with Crippen LogP contribution in [0, 0.1) is 0 Å². The molecule has 2 aromatic rings. The van der Waals surface area contributed by atoms with Crippen molar-refractivity contribution in [3.63, 3.8) is 0 Å². The average molecular weight is 348 g/mol. The zero-order valence-corrected chi connectivity index (χ0v) is 14.3. The van der Waals surface area contributed by atoms with E-state index in [2.05, 4.69) is 15.3 Å². The van der Waals surface area contributed by atoms with E-state index in [0.29, 0.717) is 17.1 Å². The van der Waals surface area contributed by atoms with E-state index < -0.39 is 17.8 Å². The lowest BCUT2D eigenvalue weighted by atomic mass is 10.0. The maximum atomic E-state index is 12.4. The molecule has 0 saturated carbocycles. The minimum Gasteiger partial charge on any atom is -0.481 e. The number of nitrogens with zero attached hydrogens (tertiary/aromatic N) is 2. The molecule has 2 rings (SSSR count). The van der Waals surface area contributed by atoms with E-state index in [9.17, 15) is 9.59 Å². The van der Waals surface area contributed by atoms with Crippen LogP contribution in [0.5, 0.6) is 0 Å². The predicted octanol–water partition coefficient (Wildman–Crippen LogP) is 3.69. The van der Waals surface area contributed by atoms with E-state index in [1.54, 1.807) is 31.2 Å². The zero-order chi connectivity index (χ0) is 17.9. The molecule has 0 aliphatic heterocycles. The fourth-order valence-electron chi connectivity index (χ4n) is 2.04. The standard InChI is InChI=1S/C17H18ClN3O3/c1-9(2)15-19-8-13(18)14(21-15)16(22)20-12-6-4-5-11(7-12)10(3)17(23)24/h4-10H,1-3H3,(H,20,22)(H,23,24). The van der Waals surface area contributed by atoms with Crippen molar-refractivity contribution < 1.29 is 14.7 Å². The molecule has 0 fully saturated rings. The van der Waals surface area contributed by atoms with Gasteiger partial charge in [-0.2, -0.15) is 0 Å². The molecule has 1 unspecified atom stereocenters. The number of carboxylic acid groups (broad SMARTS) is 1. The molecule has 1 heterocycles. The van der Waals surface area contributed by atoms with Gasteiger partial charge < -0.3 is 10.4 Å². The molecule has 1 aromatic heterocycles. The third kappa shape index (κ3) is 4.08. The molecule has 2 N–H and O–H groups in total. The molecule has 1 atom stereocenters. The smallest absolute Gasteiger partial charge is 0.310 e. The maximum absolute atomic E-state index is 12.4. The highest BCUT2D eigenvalue weighted by molar-refractivity contribution is 6.33. The minimum atomic E-state index is -0.932. The number of anilines is 1. The molecule has 126 valence electrons. The van der Waals surface area contributed by atoms with E-state index in [1.807, 2.05) is 13.8 Å². The highest BCUT2D eigenvalue weighted by atomic mass is 35.5. The second-order valence-corrected chi connectivity index (χ2v) is 6.13. The van der Waals surface area contributed by atoms with Gasteiger partial charge in [0.05, 0.1) is 17.1 Å². The molecule has 1 aromatic carbocycles. The van der Waals surface area contributed by atoms with Crippen molar-refractivity contribution in [1.82, 2.24) is 9.97 Å². The summed E-state index contributed by atoms with van der Waals surface area (Å²) in [7, 11) is 0. The zero-order valence-electron chi connectivity index (χ0n) is 13.6. The van der Waals surface area contributed by atoms with Crippen LogP contribution in [-0.2, 0) is 4.79 Å². The van der Waals surface area contributed by atoms with Crippen molar-refractivity contribution in [3.8, 4) is 0 Å². The highest BCUT2D eigenvalue weighted by Gasteiger charge is 2.17. The number of nitrogens with one attached hydrogen (secondary N) is 1. The molecular formula is C17H18ClN3O3. The van der Waals surface area contributed by atoms with Gasteiger partial charge >= 0.3 is 5.97 Å². The van der Waals surface area contributed by atoms with Crippen LogP contribution in [0.25, 0.3) is 0 Å². The second kappa shape index (κ2) is 7.40. The fourth-order valence-corrected chi connectivity index (χ4v) is 2.21. The number of carbonyl (C=O) groups is 2. The Labute approximate surface area is 144 Å². The topological polar surface area (TPSA) is 92.2 Å². The van der Waals surface area contributed by atoms with Gasteiger partial charge in [-0.3, -0.25) is 9.59 Å².